The van der Waals surface area contributed by atoms with E-state index in [0.29, 0.717) is 22.6 Å². The molecule has 12 nitrogen and oxygen atoms in total. The van der Waals surface area contributed by atoms with Crippen molar-refractivity contribution in [2.75, 3.05) is 11.5 Å². The first kappa shape index (κ1) is 22.8. The minimum absolute atomic E-state index is 0.0436. The minimum atomic E-state index is -1.27. The van der Waals surface area contributed by atoms with Gasteiger partial charge in [-0.15, -0.1) is 0 Å². The Balaban J connectivity index is 1.55. The molecular formula is C18H16ClN7O5S2. The van der Waals surface area contributed by atoms with Crippen LogP contribution in [0.15, 0.2) is 39.0 Å². The zero-order chi connectivity index (χ0) is 23.9. The van der Waals surface area contributed by atoms with Crippen LogP contribution < -0.4 is 16.8 Å². The van der Waals surface area contributed by atoms with E-state index >= 15 is 0 Å². The summed E-state index contributed by atoms with van der Waals surface area (Å²) < 4.78 is 0.0436. The first-order valence-corrected chi connectivity index (χ1v) is 11.4. The highest BCUT2D eigenvalue weighted by molar-refractivity contribution is 8.03. The number of aliphatic carboxylic acids is 1. The number of halogens is 1. The molecule has 1 fully saturated rings. The fraction of sp³-hybridized carbons (Fsp3) is 0.222. The van der Waals surface area contributed by atoms with Gasteiger partial charge < -0.3 is 27.1 Å². The maximum Gasteiger partial charge on any atom is 0.353 e. The number of thioether (sulfide) groups is 1. The lowest BCUT2D eigenvalue weighted by molar-refractivity contribution is -0.155. The first-order chi connectivity index (χ1) is 15.7. The summed E-state index contributed by atoms with van der Waals surface area (Å²) in [4.78, 5) is 47.5. The van der Waals surface area contributed by atoms with Crippen molar-refractivity contribution in [2.45, 2.75) is 29.8 Å². The van der Waals surface area contributed by atoms with Crippen molar-refractivity contribution < 1.29 is 24.7 Å². The third kappa shape index (κ3) is 4.07. The van der Waals surface area contributed by atoms with Gasteiger partial charge in [-0.2, -0.15) is 0 Å². The Labute approximate surface area is 199 Å². The summed E-state index contributed by atoms with van der Waals surface area (Å²) in [5.41, 5.74) is 10.6. The molecule has 0 saturated carbocycles. The number of carboxylic acids is 1. The highest BCUT2D eigenvalue weighted by Crippen LogP contribution is 2.44. The van der Waals surface area contributed by atoms with E-state index < -0.39 is 35.6 Å². The van der Waals surface area contributed by atoms with Crippen LogP contribution in [0.3, 0.4) is 0 Å². The Morgan fingerprint density at radius 2 is 2.15 bits per heavy atom. The van der Waals surface area contributed by atoms with Crippen molar-refractivity contribution in [3.63, 3.8) is 0 Å². The Morgan fingerprint density at radius 3 is 2.76 bits per heavy atom. The molecule has 33 heavy (non-hydrogen) atoms. The molecule has 2 aliphatic rings. The van der Waals surface area contributed by atoms with Crippen LogP contribution in [0, 0.1) is 0 Å². The molecule has 0 radical (unpaired) electrons. The number of anilines is 2. The monoisotopic (exact) mass is 509 g/mol. The fourth-order valence-electron chi connectivity index (χ4n) is 3.62. The van der Waals surface area contributed by atoms with Crippen molar-refractivity contribution in [1.29, 1.82) is 0 Å². The van der Waals surface area contributed by atoms with Crippen LogP contribution in [-0.4, -0.2) is 60.8 Å². The molecule has 2 atom stereocenters. The summed E-state index contributed by atoms with van der Waals surface area (Å²) in [6.45, 7) is 0. The van der Waals surface area contributed by atoms with Crippen molar-refractivity contribution in [2.24, 2.45) is 5.16 Å². The Bertz CT molecular complexity index is 1230. The molecule has 2 aromatic heterocycles. The number of rotatable bonds is 6. The molecule has 4 heterocycles. The number of nitrogens with zero attached hydrogens (tertiary/aromatic N) is 4. The Kier molecular flexibility index (Phi) is 6.14. The van der Waals surface area contributed by atoms with Gasteiger partial charge in [0.1, 0.15) is 27.6 Å². The van der Waals surface area contributed by atoms with Gasteiger partial charge in [-0.25, -0.2) is 14.8 Å². The number of oxime groups is 1. The maximum atomic E-state index is 12.8. The summed E-state index contributed by atoms with van der Waals surface area (Å²) in [5, 5.41) is 24.6. The molecule has 0 spiro atoms. The minimum Gasteiger partial charge on any atom is -0.477 e. The largest absolute Gasteiger partial charge is 0.477 e. The highest BCUT2D eigenvalue weighted by Gasteiger charge is 2.54. The molecule has 0 aliphatic carbocycles. The van der Waals surface area contributed by atoms with E-state index in [9.17, 15) is 24.7 Å². The van der Waals surface area contributed by atoms with Crippen molar-refractivity contribution >= 4 is 69.1 Å². The van der Waals surface area contributed by atoms with Gasteiger partial charge in [-0.3, -0.25) is 14.5 Å². The average molecular weight is 510 g/mol. The van der Waals surface area contributed by atoms with Crippen LogP contribution in [0.5, 0.6) is 0 Å². The predicted octanol–water partition coefficient (Wildman–Crippen LogP) is 1.11. The van der Waals surface area contributed by atoms with E-state index in [-0.39, 0.29) is 26.7 Å². The number of carboxylic acid groups (broad SMARTS) is 1. The third-order valence-electron chi connectivity index (χ3n) is 5.06. The topological polar surface area (TPSA) is 197 Å². The summed E-state index contributed by atoms with van der Waals surface area (Å²) >= 11 is 8.01. The Morgan fingerprint density at radius 1 is 1.39 bits per heavy atom. The lowest BCUT2D eigenvalue weighted by Crippen LogP contribution is -2.72. The van der Waals surface area contributed by atoms with Crippen LogP contribution in [0.1, 0.15) is 18.5 Å². The van der Waals surface area contributed by atoms with Crippen LogP contribution in [0.2, 0.25) is 4.34 Å². The number of carbonyl (C=O) groups is 3. The normalized spacial score (nSPS) is 20.3. The van der Waals surface area contributed by atoms with Crippen molar-refractivity contribution in [3.05, 3.63) is 39.0 Å². The van der Waals surface area contributed by atoms with E-state index in [0.717, 1.165) is 28.0 Å². The molecule has 2 aliphatic heterocycles. The number of thiazole rings is 1. The van der Waals surface area contributed by atoms with Gasteiger partial charge in [0.05, 0.1) is 10.9 Å². The number of nitrogens with one attached hydrogen (secondary N) is 1. The second kappa shape index (κ2) is 8.88. The summed E-state index contributed by atoms with van der Waals surface area (Å²) in [5.74, 6) is -2.53. The third-order valence-corrected chi connectivity index (χ3v) is 7.35. The molecule has 7 N–H and O–H groups in total. The molecule has 2 amide bonds. The van der Waals surface area contributed by atoms with Gasteiger partial charge in [0, 0.05) is 11.1 Å². The fourth-order valence-corrected chi connectivity index (χ4v) is 5.62. The number of hydrogen-bond donors (Lipinski definition) is 5. The van der Waals surface area contributed by atoms with Crippen molar-refractivity contribution in [1.82, 2.24) is 20.2 Å². The number of nitrogen functional groups attached to an aromatic ring is 2. The number of β-lactam (4-membered cyclic amide) rings is 1. The summed E-state index contributed by atoms with van der Waals surface area (Å²) in [6, 6.07) is 1.79. The summed E-state index contributed by atoms with van der Waals surface area (Å²) in [6.07, 6.45) is 2.26. The SMILES string of the molecule is Nc1nc(/C(=N/O)C(=O)NC2C(=O)N3C(C(=O)O)=C(Sc4cccnc4N)CCC23)c(Cl)s1. The smallest absolute Gasteiger partial charge is 0.353 e. The van der Waals surface area contributed by atoms with Crippen LogP contribution in [0.25, 0.3) is 0 Å². The van der Waals surface area contributed by atoms with Gasteiger partial charge in [-0.05, 0) is 25.0 Å². The van der Waals surface area contributed by atoms with E-state index in [2.05, 4.69) is 20.4 Å². The lowest BCUT2D eigenvalue weighted by Gasteiger charge is -2.50. The molecule has 0 bridgehead atoms. The van der Waals surface area contributed by atoms with Crippen molar-refractivity contribution in [3.8, 4) is 0 Å². The van der Waals surface area contributed by atoms with E-state index in [4.69, 9.17) is 23.1 Å². The molecule has 2 aromatic rings. The number of amides is 2. The van der Waals surface area contributed by atoms with Crippen LogP contribution in [-0.2, 0) is 14.4 Å². The number of carbonyl (C=O) groups excluding carboxylic acids is 2. The molecule has 2 unspecified atom stereocenters. The Hall–Kier alpha value is -3.36. The van der Waals surface area contributed by atoms with Gasteiger partial charge in [0.2, 0.25) is 0 Å². The maximum absolute atomic E-state index is 12.8. The second-order valence-corrected chi connectivity index (χ2v) is 9.72. The predicted molar refractivity (Wildman–Crippen MR) is 121 cm³/mol. The van der Waals surface area contributed by atoms with E-state index in [1.807, 2.05) is 0 Å². The van der Waals surface area contributed by atoms with E-state index in [1.54, 1.807) is 12.1 Å². The molecule has 172 valence electrons. The van der Waals surface area contributed by atoms with Gasteiger partial charge in [-0.1, -0.05) is 39.9 Å². The standard InChI is InChI=1S/C18H16ClN7O5S2/c19-13-10(24-18(21)33-13)11(25-31)15(27)23-9-6-3-4-7(12(17(29)30)26(6)16(9)28)32-8-2-1-5-22-14(8)20/h1-2,5-6,9,31H,3-4H2,(H2,20,22)(H2,21,24)(H,23,27)(H,29,30)/b25-11-. The number of allylic oxidation sites excluding steroid dienone is 1. The first-order valence-electron chi connectivity index (χ1n) is 9.35. The van der Waals surface area contributed by atoms with Gasteiger partial charge in [0.15, 0.2) is 10.8 Å². The average Bonchev–Trinajstić information content (AvgIpc) is 3.11. The lowest BCUT2D eigenvalue weighted by atomic mass is 9.86. The summed E-state index contributed by atoms with van der Waals surface area (Å²) in [7, 11) is 0. The molecule has 4 rings (SSSR count). The number of nitrogens with two attached hydrogens (primary N) is 2. The second-order valence-electron chi connectivity index (χ2n) is 6.95. The van der Waals surface area contributed by atoms with Crippen LogP contribution in [0.4, 0.5) is 10.9 Å². The molecular weight excluding hydrogens is 494 g/mol. The van der Waals surface area contributed by atoms with Gasteiger partial charge in [0.25, 0.3) is 11.8 Å². The number of fused-ring (bicyclic) bond motifs is 1. The number of hydrogen-bond acceptors (Lipinski definition) is 11. The molecule has 0 aromatic carbocycles. The number of aromatic nitrogens is 2. The quantitative estimate of drug-likeness (QED) is 0.163. The highest BCUT2D eigenvalue weighted by atomic mass is 35.5. The number of pyridine rings is 1. The van der Waals surface area contributed by atoms with Gasteiger partial charge >= 0.3 is 5.97 Å². The van der Waals surface area contributed by atoms with E-state index in [1.165, 1.54) is 6.20 Å². The zero-order valence-electron chi connectivity index (χ0n) is 16.6. The molecule has 1 saturated heterocycles. The van der Waals surface area contributed by atoms with Crippen LogP contribution >= 0.6 is 34.7 Å². The molecule has 15 heteroatoms. The zero-order valence-corrected chi connectivity index (χ0v) is 18.9.